The number of imidazole rings is 1. The summed E-state index contributed by atoms with van der Waals surface area (Å²) in [6.07, 6.45) is 1.08. The Morgan fingerprint density at radius 1 is 1.18 bits per heavy atom. The fourth-order valence-electron chi connectivity index (χ4n) is 2.88. The maximum atomic E-state index is 12.8. The molecule has 0 saturated carbocycles. The molecule has 2 heterocycles. The third kappa shape index (κ3) is 3.60. The Balaban J connectivity index is 1.56. The molecule has 0 spiro atoms. The van der Waals surface area contributed by atoms with Crippen LogP contribution in [0.5, 0.6) is 0 Å². The van der Waals surface area contributed by atoms with Crippen molar-refractivity contribution < 1.29 is 13.2 Å². The van der Waals surface area contributed by atoms with E-state index >= 15 is 0 Å². The molecule has 1 atom stereocenters. The topological polar surface area (TPSA) is 109 Å². The molecule has 28 heavy (non-hydrogen) atoms. The summed E-state index contributed by atoms with van der Waals surface area (Å²) in [5.74, 6) is 0.552. The van der Waals surface area contributed by atoms with Gasteiger partial charge in [-0.1, -0.05) is 23.9 Å². The van der Waals surface area contributed by atoms with E-state index in [0.717, 1.165) is 17.3 Å². The van der Waals surface area contributed by atoms with Crippen molar-refractivity contribution in [2.45, 2.75) is 17.3 Å². The average molecular weight is 416 g/mol. The van der Waals surface area contributed by atoms with Gasteiger partial charge in [-0.05, 0) is 43.3 Å². The maximum absolute atomic E-state index is 12.8. The molecule has 144 valence electrons. The first-order valence-corrected chi connectivity index (χ1v) is 11.2. The lowest BCUT2D eigenvalue weighted by molar-refractivity contribution is 0.0994. The summed E-state index contributed by atoms with van der Waals surface area (Å²) in [4.78, 5) is 17.3. The van der Waals surface area contributed by atoms with Crippen molar-refractivity contribution in [3.8, 4) is 0 Å². The van der Waals surface area contributed by atoms with Crippen LogP contribution in [0.15, 0.2) is 53.7 Å². The minimum Gasteiger partial charge on any atom is -0.293 e. The van der Waals surface area contributed by atoms with Crippen LogP contribution in [0.2, 0.25) is 0 Å². The molecule has 2 N–H and O–H groups in total. The van der Waals surface area contributed by atoms with Gasteiger partial charge in [0.25, 0.3) is 0 Å². The number of ketones is 1. The molecule has 0 aliphatic heterocycles. The molecular weight excluding hydrogens is 398 g/mol. The Morgan fingerprint density at radius 2 is 1.89 bits per heavy atom. The van der Waals surface area contributed by atoms with Crippen LogP contribution in [0, 0.1) is 0 Å². The van der Waals surface area contributed by atoms with Gasteiger partial charge in [0.05, 0.1) is 22.5 Å². The Labute approximate surface area is 165 Å². The number of hydrogen-bond donors (Lipinski definition) is 2. The predicted octanol–water partition coefficient (Wildman–Crippen LogP) is 2.95. The van der Waals surface area contributed by atoms with Crippen LogP contribution in [0.25, 0.3) is 16.8 Å². The zero-order chi connectivity index (χ0) is 19.9. The molecule has 0 amide bonds. The lowest BCUT2D eigenvalue weighted by Crippen LogP contribution is -2.14. The number of benzene rings is 2. The minimum absolute atomic E-state index is 0.0727. The number of fused-ring (bicyclic) bond motifs is 3. The first kappa shape index (κ1) is 18.5. The predicted molar refractivity (Wildman–Crippen MR) is 109 cm³/mol. The van der Waals surface area contributed by atoms with Crippen LogP contribution in [-0.2, 0) is 10.0 Å². The maximum Gasteiger partial charge on any atom is 0.231 e. The Morgan fingerprint density at radius 3 is 2.61 bits per heavy atom. The second kappa shape index (κ2) is 6.95. The SMILES string of the molecule is C[C@@H](Sc1n[nH]c2nc3ccccc3n12)C(=O)c1ccc(NS(C)(=O)=O)cc1. The van der Waals surface area contributed by atoms with Gasteiger partial charge in [0.1, 0.15) is 0 Å². The molecule has 0 radical (unpaired) electrons. The van der Waals surface area contributed by atoms with Gasteiger partial charge in [0.15, 0.2) is 10.9 Å². The van der Waals surface area contributed by atoms with E-state index in [9.17, 15) is 13.2 Å². The van der Waals surface area contributed by atoms with Crippen LogP contribution in [-0.4, -0.2) is 45.3 Å². The molecule has 10 heteroatoms. The fraction of sp³-hybridized carbons (Fsp3) is 0.167. The van der Waals surface area contributed by atoms with E-state index in [2.05, 4.69) is 19.9 Å². The number of nitrogens with one attached hydrogen (secondary N) is 2. The second-order valence-corrected chi connectivity index (χ2v) is 9.40. The van der Waals surface area contributed by atoms with Crippen LogP contribution in [0.4, 0.5) is 5.69 Å². The largest absolute Gasteiger partial charge is 0.293 e. The van der Waals surface area contributed by atoms with Gasteiger partial charge < -0.3 is 0 Å². The van der Waals surface area contributed by atoms with Gasteiger partial charge >= 0.3 is 0 Å². The highest BCUT2D eigenvalue weighted by Gasteiger charge is 2.21. The summed E-state index contributed by atoms with van der Waals surface area (Å²) >= 11 is 1.34. The fourth-order valence-corrected chi connectivity index (χ4v) is 4.40. The van der Waals surface area contributed by atoms with Gasteiger partial charge in [-0.15, -0.1) is 5.10 Å². The lowest BCUT2D eigenvalue weighted by Gasteiger charge is -2.10. The zero-order valence-corrected chi connectivity index (χ0v) is 16.7. The van der Waals surface area contributed by atoms with Crippen LogP contribution >= 0.6 is 11.8 Å². The molecular formula is C18H17N5O3S2. The van der Waals surface area contributed by atoms with Crippen LogP contribution in [0.1, 0.15) is 17.3 Å². The van der Waals surface area contributed by atoms with Crippen molar-refractivity contribution in [3.05, 3.63) is 54.1 Å². The quantitative estimate of drug-likeness (QED) is 0.370. The number of hydrogen-bond acceptors (Lipinski definition) is 6. The van der Waals surface area contributed by atoms with Gasteiger partial charge in [-0.25, -0.2) is 18.5 Å². The normalized spacial score (nSPS) is 13.1. The molecule has 0 unspecified atom stereocenters. The Kier molecular flexibility index (Phi) is 4.60. The number of carbonyl (C=O) groups excluding carboxylic acids is 1. The highest BCUT2D eigenvalue weighted by molar-refractivity contribution is 8.00. The number of H-pyrrole nitrogens is 1. The Hall–Kier alpha value is -2.85. The molecule has 2 aromatic carbocycles. The molecule has 0 aliphatic rings. The first-order valence-electron chi connectivity index (χ1n) is 8.42. The van der Waals surface area contributed by atoms with Crippen molar-refractivity contribution in [2.75, 3.05) is 11.0 Å². The number of Topliss-reactive ketones (excluding diaryl/α,β-unsaturated/α-hetero) is 1. The van der Waals surface area contributed by atoms with Crippen molar-refractivity contribution in [3.63, 3.8) is 0 Å². The molecule has 0 saturated heterocycles. The lowest BCUT2D eigenvalue weighted by atomic mass is 10.1. The average Bonchev–Trinajstić information content (AvgIpc) is 3.20. The Bertz CT molecular complexity index is 1280. The number of sulfonamides is 1. The summed E-state index contributed by atoms with van der Waals surface area (Å²) in [5, 5.41) is 7.45. The van der Waals surface area contributed by atoms with Crippen LogP contribution in [0.3, 0.4) is 0 Å². The summed E-state index contributed by atoms with van der Waals surface area (Å²) < 4.78 is 26.8. The number of anilines is 1. The van der Waals surface area contributed by atoms with Crippen molar-refractivity contribution in [1.82, 2.24) is 19.6 Å². The number of carbonyl (C=O) groups is 1. The van der Waals surface area contributed by atoms with E-state index in [4.69, 9.17) is 0 Å². The first-order chi connectivity index (χ1) is 13.3. The van der Waals surface area contributed by atoms with E-state index in [-0.39, 0.29) is 11.0 Å². The summed E-state index contributed by atoms with van der Waals surface area (Å²) in [6, 6.07) is 14.1. The van der Waals surface area contributed by atoms with E-state index in [1.54, 1.807) is 24.3 Å². The third-order valence-corrected chi connectivity index (χ3v) is 5.79. The number of aromatic amines is 1. The molecule has 4 aromatic rings. The highest BCUT2D eigenvalue weighted by atomic mass is 32.2. The number of rotatable bonds is 6. The van der Waals surface area contributed by atoms with E-state index in [1.807, 2.05) is 35.6 Å². The minimum atomic E-state index is -3.35. The molecule has 4 rings (SSSR count). The molecule has 0 fully saturated rings. The van der Waals surface area contributed by atoms with Crippen LogP contribution < -0.4 is 4.72 Å². The summed E-state index contributed by atoms with van der Waals surface area (Å²) in [7, 11) is -3.35. The number of nitrogens with zero attached hydrogens (tertiary/aromatic N) is 3. The number of para-hydroxylation sites is 2. The summed E-state index contributed by atoms with van der Waals surface area (Å²) in [6.45, 7) is 1.81. The number of thioether (sulfide) groups is 1. The van der Waals surface area contributed by atoms with Crippen molar-refractivity contribution in [2.24, 2.45) is 0 Å². The molecule has 8 nitrogen and oxygen atoms in total. The standard InChI is InChI=1S/C18H17N5O3S2/c1-11(16(24)12-7-9-13(10-8-12)22-28(2,25)26)27-18-21-20-17-19-14-5-3-4-6-15(14)23(17)18/h3-11,22H,1-2H3,(H,19,20)/t11-/m1/s1. The van der Waals surface area contributed by atoms with Gasteiger partial charge in [0.2, 0.25) is 15.8 Å². The molecule has 0 bridgehead atoms. The number of aromatic nitrogens is 4. The smallest absolute Gasteiger partial charge is 0.231 e. The van der Waals surface area contributed by atoms with Crippen molar-refractivity contribution in [1.29, 1.82) is 0 Å². The van der Waals surface area contributed by atoms with E-state index in [1.165, 1.54) is 11.8 Å². The molecule has 2 aromatic heterocycles. The monoisotopic (exact) mass is 415 g/mol. The van der Waals surface area contributed by atoms with Gasteiger partial charge in [-0.3, -0.25) is 13.9 Å². The van der Waals surface area contributed by atoms with Gasteiger partial charge in [-0.2, -0.15) is 0 Å². The molecule has 0 aliphatic carbocycles. The van der Waals surface area contributed by atoms with Gasteiger partial charge in [0, 0.05) is 11.3 Å². The zero-order valence-electron chi connectivity index (χ0n) is 15.1. The highest BCUT2D eigenvalue weighted by Crippen LogP contribution is 2.28. The van der Waals surface area contributed by atoms with E-state index < -0.39 is 10.0 Å². The van der Waals surface area contributed by atoms with E-state index in [0.29, 0.717) is 22.2 Å². The van der Waals surface area contributed by atoms with Crippen molar-refractivity contribution >= 4 is 50.1 Å². The second-order valence-electron chi connectivity index (χ2n) is 6.34. The third-order valence-electron chi connectivity index (χ3n) is 4.13. The summed E-state index contributed by atoms with van der Waals surface area (Å²) in [5.41, 5.74) is 2.69.